The molecule has 4 aromatic rings. The van der Waals surface area contributed by atoms with Crippen LogP contribution < -0.4 is 27.5 Å². The van der Waals surface area contributed by atoms with E-state index in [0.717, 1.165) is 0 Å². The lowest BCUT2D eigenvalue weighted by Crippen LogP contribution is -2.23. The van der Waals surface area contributed by atoms with Gasteiger partial charge in [-0.1, -0.05) is 11.2 Å². The third-order valence-electron chi connectivity index (χ3n) is 4.15. The van der Waals surface area contributed by atoms with Crippen molar-refractivity contribution in [1.29, 1.82) is 0 Å². The summed E-state index contributed by atoms with van der Waals surface area (Å²) in [4.78, 5) is 42.9. The topological polar surface area (TPSA) is 161 Å². The van der Waals surface area contributed by atoms with E-state index in [9.17, 15) is 14.4 Å². The van der Waals surface area contributed by atoms with Crippen LogP contribution >= 0.6 is 0 Å². The van der Waals surface area contributed by atoms with Gasteiger partial charge in [0.1, 0.15) is 22.8 Å². The number of H-pyrrole nitrogens is 1. The number of aromatic amines is 1. The van der Waals surface area contributed by atoms with E-state index >= 15 is 0 Å². The van der Waals surface area contributed by atoms with E-state index in [1.54, 1.807) is 37.4 Å². The molecule has 4 rings (SSSR count). The summed E-state index contributed by atoms with van der Waals surface area (Å²) in [7, 11) is 1.67. The molecule has 1 amide bonds. The Hall–Kier alpha value is -4.41. The highest BCUT2D eigenvalue weighted by atomic mass is 16.5. The smallest absolute Gasteiger partial charge is 0.289 e. The number of hydrogen-bond acceptors (Lipinski definition) is 8. The van der Waals surface area contributed by atoms with Crippen molar-refractivity contribution in [3.63, 3.8) is 0 Å². The number of amides is 1. The molecular formula is C18H15N7O4. The van der Waals surface area contributed by atoms with Crippen LogP contribution in [0.25, 0.3) is 16.9 Å². The lowest BCUT2D eigenvalue weighted by atomic mass is 10.2. The fourth-order valence-corrected chi connectivity index (χ4v) is 2.83. The number of fused-ring (bicyclic) bond motifs is 1. The van der Waals surface area contributed by atoms with Gasteiger partial charge in [0, 0.05) is 25.4 Å². The summed E-state index contributed by atoms with van der Waals surface area (Å²) in [6.45, 7) is 0. The molecule has 0 spiro atoms. The molecule has 29 heavy (non-hydrogen) atoms. The number of rotatable bonds is 5. The molecule has 11 nitrogen and oxygen atoms in total. The molecule has 11 heteroatoms. The minimum Gasteiger partial charge on any atom is -0.386 e. The Kier molecular flexibility index (Phi) is 4.31. The molecule has 0 aliphatic heterocycles. The van der Waals surface area contributed by atoms with Crippen LogP contribution in [0.2, 0.25) is 0 Å². The quantitative estimate of drug-likeness (QED) is 0.390. The van der Waals surface area contributed by atoms with Gasteiger partial charge in [0.25, 0.3) is 11.5 Å². The second-order valence-corrected chi connectivity index (χ2v) is 6.00. The Morgan fingerprint density at radius 2 is 2.00 bits per heavy atom. The van der Waals surface area contributed by atoms with E-state index in [-0.39, 0.29) is 28.3 Å². The first-order chi connectivity index (χ1) is 14.0. The Bertz CT molecular complexity index is 1350. The Labute approximate surface area is 162 Å². The number of carbonyl (C=O) groups excluding carboxylic acids is 1. The Morgan fingerprint density at radius 1 is 1.17 bits per heavy atom. The second-order valence-electron chi connectivity index (χ2n) is 6.00. The number of nitrogens with one attached hydrogen (secondary N) is 3. The predicted molar refractivity (Wildman–Crippen MR) is 106 cm³/mol. The van der Waals surface area contributed by atoms with Gasteiger partial charge in [-0.15, -0.1) is 0 Å². The van der Waals surface area contributed by atoms with Gasteiger partial charge < -0.3 is 25.9 Å². The molecule has 0 atom stereocenters. The minimum atomic E-state index is -0.811. The van der Waals surface area contributed by atoms with E-state index < -0.39 is 11.5 Å². The average molecular weight is 393 g/mol. The zero-order chi connectivity index (χ0) is 20.5. The van der Waals surface area contributed by atoms with Crippen molar-refractivity contribution in [1.82, 2.24) is 19.7 Å². The fourth-order valence-electron chi connectivity index (χ4n) is 2.83. The van der Waals surface area contributed by atoms with Crippen LogP contribution in [0.5, 0.6) is 0 Å². The molecule has 5 N–H and O–H groups in total. The average Bonchev–Trinajstić information content (AvgIpc) is 3.13. The fraction of sp³-hybridized carbons (Fsp3) is 0.0556. The summed E-state index contributed by atoms with van der Waals surface area (Å²) in [5.74, 6) is -0.411. The highest BCUT2D eigenvalue weighted by molar-refractivity contribution is 6.04. The summed E-state index contributed by atoms with van der Waals surface area (Å²) in [6.07, 6.45) is 1.53. The Balaban J connectivity index is 1.80. The molecule has 0 saturated heterocycles. The zero-order valence-electron chi connectivity index (χ0n) is 15.1. The molecule has 146 valence electrons. The third-order valence-corrected chi connectivity index (χ3v) is 4.15. The zero-order valence-corrected chi connectivity index (χ0v) is 15.1. The standard InChI is InChI=1S/C18H15N7O4/c1-20-10-8-11(22-15-14(10)24-29-16(15)17(19)27)21-9-4-3-7-25(18(9)28)12-5-2-6-13(26)23-12/h2-8,20H,1H3,(H2,19,27)(H,21,22)(H,23,26). The van der Waals surface area contributed by atoms with Crippen LogP contribution in [0.3, 0.4) is 0 Å². The van der Waals surface area contributed by atoms with Crippen molar-refractivity contribution in [3.8, 4) is 5.82 Å². The summed E-state index contributed by atoms with van der Waals surface area (Å²) >= 11 is 0. The van der Waals surface area contributed by atoms with Crippen molar-refractivity contribution in [2.45, 2.75) is 0 Å². The normalized spacial score (nSPS) is 10.8. The maximum atomic E-state index is 12.9. The molecule has 4 aromatic heterocycles. The van der Waals surface area contributed by atoms with Gasteiger partial charge in [-0.2, -0.15) is 0 Å². The third kappa shape index (κ3) is 3.20. The van der Waals surface area contributed by atoms with Gasteiger partial charge >= 0.3 is 0 Å². The summed E-state index contributed by atoms with van der Waals surface area (Å²) in [6, 6.07) is 9.31. The Morgan fingerprint density at radius 3 is 2.72 bits per heavy atom. The number of carbonyl (C=O) groups is 1. The van der Waals surface area contributed by atoms with E-state index in [1.165, 1.54) is 16.8 Å². The van der Waals surface area contributed by atoms with E-state index in [2.05, 4.69) is 25.8 Å². The van der Waals surface area contributed by atoms with Crippen molar-refractivity contribution in [2.75, 3.05) is 17.7 Å². The molecule has 0 aromatic carbocycles. The molecule has 0 fully saturated rings. The maximum absolute atomic E-state index is 12.9. The lowest BCUT2D eigenvalue weighted by Gasteiger charge is -2.10. The predicted octanol–water partition coefficient (Wildman–Crippen LogP) is 0.946. The number of aromatic nitrogens is 4. The highest BCUT2D eigenvalue weighted by Gasteiger charge is 2.19. The summed E-state index contributed by atoms with van der Waals surface area (Å²) in [5, 5.41) is 9.66. The molecule has 0 saturated carbocycles. The molecular weight excluding hydrogens is 378 g/mol. The first-order valence-electron chi connectivity index (χ1n) is 8.44. The molecule has 0 bridgehead atoms. The van der Waals surface area contributed by atoms with Crippen molar-refractivity contribution >= 4 is 34.1 Å². The number of nitrogens with two attached hydrogens (primary N) is 1. The molecule has 0 aliphatic carbocycles. The van der Waals surface area contributed by atoms with Gasteiger partial charge in [0.05, 0.1) is 5.69 Å². The van der Waals surface area contributed by atoms with Crippen LogP contribution in [0.15, 0.2) is 56.7 Å². The van der Waals surface area contributed by atoms with E-state index in [0.29, 0.717) is 17.0 Å². The monoisotopic (exact) mass is 393 g/mol. The maximum Gasteiger partial charge on any atom is 0.289 e. The minimum absolute atomic E-state index is 0.162. The van der Waals surface area contributed by atoms with Crippen LogP contribution in [0.4, 0.5) is 17.2 Å². The van der Waals surface area contributed by atoms with E-state index in [1.807, 2.05) is 0 Å². The van der Waals surface area contributed by atoms with Gasteiger partial charge in [-0.25, -0.2) is 4.98 Å². The molecule has 0 aliphatic rings. The van der Waals surface area contributed by atoms with Crippen LogP contribution in [-0.4, -0.2) is 32.6 Å². The highest BCUT2D eigenvalue weighted by Crippen LogP contribution is 2.27. The van der Waals surface area contributed by atoms with Crippen molar-refractivity contribution in [3.05, 3.63) is 69.1 Å². The first-order valence-corrected chi connectivity index (χ1v) is 8.44. The number of anilines is 3. The molecule has 4 heterocycles. The van der Waals surface area contributed by atoms with Crippen molar-refractivity contribution < 1.29 is 9.32 Å². The summed E-state index contributed by atoms with van der Waals surface area (Å²) in [5.41, 5.74) is 5.78. The largest absolute Gasteiger partial charge is 0.386 e. The van der Waals surface area contributed by atoms with Gasteiger partial charge in [0.15, 0.2) is 5.52 Å². The van der Waals surface area contributed by atoms with Gasteiger partial charge in [-0.05, 0) is 18.2 Å². The number of hydrogen-bond donors (Lipinski definition) is 4. The number of primary amides is 1. The number of pyridine rings is 3. The van der Waals surface area contributed by atoms with Gasteiger partial charge in [0.2, 0.25) is 11.3 Å². The molecule has 0 radical (unpaired) electrons. The second kappa shape index (κ2) is 6.96. The van der Waals surface area contributed by atoms with Crippen LogP contribution in [0, 0.1) is 0 Å². The van der Waals surface area contributed by atoms with Crippen LogP contribution in [0.1, 0.15) is 10.6 Å². The SMILES string of the molecule is CNc1cc(Nc2cccn(-c3cccc(=O)[nH]3)c2=O)nc2c(C(N)=O)onc12. The lowest BCUT2D eigenvalue weighted by molar-refractivity contribution is 0.0967. The molecule has 0 unspecified atom stereocenters. The van der Waals surface area contributed by atoms with Crippen LogP contribution in [-0.2, 0) is 0 Å². The van der Waals surface area contributed by atoms with Crippen molar-refractivity contribution in [2.24, 2.45) is 5.73 Å². The van der Waals surface area contributed by atoms with E-state index in [4.69, 9.17) is 10.3 Å². The summed E-state index contributed by atoms with van der Waals surface area (Å²) < 4.78 is 6.27. The van der Waals surface area contributed by atoms with Gasteiger partial charge in [-0.3, -0.25) is 19.0 Å². The number of nitrogens with zero attached hydrogens (tertiary/aromatic N) is 3. The first kappa shape index (κ1) is 18.0.